The lowest BCUT2D eigenvalue weighted by Crippen LogP contribution is -2.27. The number of esters is 1. The van der Waals surface area contributed by atoms with E-state index in [0.717, 1.165) is 62.4 Å². The lowest BCUT2D eigenvalue weighted by Gasteiger charge is -2.33. The minimum atomic E-state index is -0.240. The molecule has 0 N–H and O–H groups in total. The molecule has 6 nitrogen and oxygen atoms in total. The second kappa shape index (κ2) is 9.67. The highest BCUT2D eigenvalue weighted by molar-refractivity contribution is 5.90. The van der Waals surface area contributed by atoms with Crippen molar-refractivity contribution in [1.29, 1.82) is 0 Å². The van der Waals surface area contributed by atoms with Crippen molar-refractivity contribution in [1.82, 2.24) is 0 Å². The van der Waals surface area contributed by atoms with Gasteiger partial charge in [0.15, 0.2) is 0 Å². The number of epoxide rings is 2. The van der Waals surface area contributed by atoms with Crippen molar-refractivity contribution in [2.75, 3.05) is 26.4 Å². The predicted molar refractivity (Wildman–Crippen MR) is 119 cm³/mol. The Balaban J connectivity index is 1.05. The Morgan fingerprint density at radius 3 is 2.38 bits per heavy atom. The van der Waals surface area contributed by atoms with Gasteiger partial charge in [-0.05, 0) is 86.8 Å². The molecular weight excluding hydrogens is 408 g/mol. The highest BCUT2D eigenvalue weighted by atomic mass is 16.6. The van der Waals surface area contributed by atoms with Crippen LogP contribution < -0.4 is 4.74 Å². The molecule has 0 aromatic heterocycles. The van der Waals surface area contributed by atoms with E-state index < -0.39 is 0 Å². The molecule has 172 valence electrons. The zero-order valence-corrected chi connectivity index (χ0v) is 18.7. The molecule has 0 amide bonds. The first-order valence-electron chi connectivity index (χ1n) is 11.8. The van der Waals surface area contributed by atoms with Gasteiger partial charge in [-0.2, -0.15) is 0 Å². The molecule has 1 aromatic rings. The third-order valence-corrected chi connectivity index (χ3v) is 6.77. The van der Waals surface area contributed by atoms with Gasteiger partial charge in [0, 0.05) is 0 Å². The summed E-state index contributed by atoms with van der Waals surface area (Å²) in [5.41, 5.74) is 1.53. The minimum absolute atomic E-state index is 0.00236. The summed E-state index contributed by atoms with van der Waals surface area (Å²) in [6, 6.07) is 5.49. The van der Waals surface area contributed by atoms with E-state index in [4.69, 9.17) is 23.7 Å². The van der Waals surface area contributed by atoms with Gasteiger partial charge in [-0.25, -0.2) is 4.79 Å². The van der Waals surface area contributed by atoms with Crippen LogP contribution in [0.1, 0.15) is 48.0 Å². The third kappa shape index (κ3) is 5.73. The van der Waals surface area contributed by atoms with Gasteiger partial charge in [-0.15, -0.1) is 0 Å². The van der Waals surface area contributed by atoms with Gasteiger partial charge in [-0.1, -0.05) is 6.08 Å². The number of benzene rings is 1. The maximum atomic E-state index is 12.7. The van der Waals surface area contributed by atoms with Gasteiger partial charge in [0.05, 0.1) is 18.8 Å². The van der Waals surface area contributed by atoms with Crippen LogP contribution in [0.25, 0.3) is 0 Å². The first-order chi connectivity index (χ1) is 15.6. The van der Waals surface area contributed by atoms with E-state index >= 15 is 0 Å². The van der Waals surface area contributed by atoms with Crippen molar-refractivity contribution in [3.05, 3.63) is 53.3 Å². The second-order valence-corrected chi connectivity index (χ2v) is 9.32. The van der Waals surface area contributed by atoms with Crippen LogP contribution in [0.15, 0.2) is 42.2 Å². The highest BCUT2D eigenvalue weighted by Gasteiger charge is 2.30. The smallest absolute Gasteiger partial charge is 0.338 e. The molecule has 2 saturated heterocycles. The number of ether oxygens (including phenoxy) is 5. The lowest BCUT2D eigenvalue weighted by atomic mass is 9.76. The number of aryl methyl sites for hydroxylation is 1. The molecule has 0 spiro atoms. The average molecular weight is 441 g/mol. The monoisotopic (exact) mass is 440 g/mol. The highest BCUT2D eigenvalue weighted by Crippen LogP contribution is 2.36. The molecular formula is C26H32O6. The number of hydrogen-bond acceptors (Lipinski definition) is 6. The Bertz CT molecular complexity index is 874. The van der Waals surface area contributed by atoms with Crippen LogP contribution in [0.2, 0.25) is 0 Å². The molecule has 3 fully saturated rings. The number of rotatable bonds is 9. The number of allylic oxidation sites excluding steroid dienone is 3. The van der Waals surface area contributed by atoms with E-state index in [0.29, 0.717) is 30.6 Å². The Hall–Kier alpha value is -2.31. The molecule has 0 radical (unpaired) electrons. The van der Waals surface area contributed by atoms with Gasteiger partial charge < -0.3 is 23.7 Å². The lowest BCUT2D eigenvalue weighted by molar-refractivity contribution is 0.0144. The topological polar surface area (TPSA) is 69.8 Å². The molecule has 3 unspecified atom stereocenters. The van der Waals surface area contributed by atoms with Gasteiger partial charge in [0.25, 0.3) is 0 Å². The SMILES string of the molecule is Cc1cc(C(=O)OC2CCC(C3C=CC(OCC4CO4)=CC3)CC2)ccc1OCC1CO1. The fraction of sp³-hybridized carbons (Fsp3) is 0.577. The van der Waals surface area contributed by atoms with E-state index in [1.54, 1.807) is 6.07 Å². The van der Waals surface area contributed by atoms with E-state index in [1.165, 1.54) is 0 Å². The summed E-state index contributed by atoms with van der Waals surface area (Å²) in [6.45, 7) is 4.76. The van der Waals surface area contributed by atoms with Crippen LogP contribution in [0, 0.1) is 18.8 Å². The fourth-order valence-electron chi connectivity index (χ4n) is 4.57. The van der Waals surface area contributed by atoms with Crippen LogP contribution in [-0.4, -0.2) is 50.7 Å². The van der Waals surface area contributed by atoms with Crippen LogP contribution in [-0.2, 0) is 18.9 Å². The van der Waals surface area contributed by atoms with Crippen LogP contribution >= 0.6 is 0 Å². The van der Waals surface area contributed by atoms with Crippen LogP contribution in [0.3, 0.4) is 0 Å². The van der Waals surface area contributed by atoms with Crippen LogP contribution in [0.4, 0.5) is 0 Å². The maximum absolute atomic E-state index is 12.7. The van der Waals surface area contributed by atoms with Crippen molar-refractivity contribution in [2.24, 2.45) is 11.8 Å². The van der Waals surface area contributed by atoms with Crippen molar-refractivity contribution in [3.63, 3.8) is 0 Å². The summed E-state index contributed by atoms with van der Waals surface area (Å²) in [7, 11) is 0. The molecule has 32 heavy (non-hydrogen) atoms. The third-order valence-electron chi connectivity index (χ3n) is 6.77. The zero-order valence-electron chi connectivity index (χ0n) is 18.7. The standard InChI is InChI=1S/C26H32O6/c1-17-12-20(6-11-25(17)31-16-24-15-30-24)26(27)32-22-9-4-19(5-10-22)18-2-7-21(8-3-18)28-13-23-14-29-23/h2,6-8,11-12,18-19,22-24H,3-5,9-10,13-16H2,1H3. The van der Waals surface area contributed by atoms with Crippen molar-refractivity contribution in [2.45, 2.75) is 57.3 Å². The molecule has 1 aromatic carbocycles. The Kier molecular flexibility index (Phi) is 6.51. The molecule has 3 atom stereocenters. The molecule has 4 aliphatic rings. The van der Waals surface area contributed by atoms with Gasteiger partial charge in [0.1, 0.15) is 43.0 Å². The first-order valence-corrected chi connectivity index (χ1v) is 11.8. The van der Waals surface area contributed by atoms with E-state index in [2.05, 4.69) is 18.2 Å². The minimum Gasteiger partial charge on any atom is -0.491 e. The second-order valence-electron chi connectivity index (χ2n) is 9.32. The van der Waals surface area contributed by atoms with Crippen LogP contribution in [0.5, 0.6) is 5.75 Å². The fourth-order valence-corrected chi connectivity index (χ4v) is 4.57. The summed E-state index contributed by atoms with van der Waals surface area (Å²) >= 11 is 0. The van der Waals surface area contributed by atoms with Crippen molar-refractivity contribution < 1.29 is 28.5 Å². The van der Waals surface area contributed by atoms with Crippen molar-refractivity contribution >= 4 is 5.97 Å². The average Bonchev–Trinajstić information content (AvgIpc) is 3.73. The Morgan fingerprint density at radius 2 is 1.75 bits per heavy atom. The molecule has 6 heteroatoms. The molecule has 2 aliphatic carbocycles. The molecule has 0 bridgehead atoms. The number of carbonyl (C=O) groups is 1. The summed E-state index contributed by atoms with van der Waals surface area (Å²) in [4.78, 5) is 12.7. The summed E-state index contributed by atoms with van der Waals surface area (Å²) in [5, 5.41) is 0. The zero-order chi connectivity index (χ0) is 21.9. The molecule has 5 rings (SSSR count). The van der Waals surface area contributed by atoms with Gasteiger partial charge >= 0.3 is 5.97 Å². The molecule has 2 aliphatic heterocycles. The van der Waals surface area contributed by atoms with E-state index in [9.17, 15) is 4.79 Å². The summed E-state index contributed by atoms with van der Waals surface area (Å²) in [6.07, 6.45) is 12.1. The van der Waals surface area contributed by atoms with E-state index in [1.807, 2.05) is 19.1 Å². The first kappa shape index (κ1) is 21.5. The summed E-state index contributed by atoms with van der Waals surface area (Å²) in [5.74, 6) is 2.70. The molecule has 1 saturated carbocycles. The Labute approximate surface area is 189 Å². The Morgan fingerprint density at radius 1 is 1.03 bits per heavy atom. The summed E-state index contributed by atoms with van der Waals surface area (Å²) < 4.78 is 27.7. The van der Waals surface area contributed by atoms with Gasteiger partial charge in [0.2, 0.25) is 0 Å². The normalized spacial score (nSPS) is 30.9. The number of hydrogen-bond donors (Lipinski definition) is 0. The largest absolute Gasteiger partial charge is 0.491 e. The quantitative estimate of drug-likeness (QED) is 0.420. The predicted octanol–water partition coefficient (Wildman–Crippen LogP) is 4.36. The number of carbonyl (C=O) groups excluding carboxylic acids is 1. The van der Waals surface area contributed by atoms with E-state index in [-0.39, 0.29) is 24.3 Å². The van der Waals surface area contributed by atoms with Crippen molar-refractivity contribution in [3.8, 4) is 5.75 Å². The molecule has 2 heterocycles. The van der Waals surface area contributed by atoms with Gasteiger partial charge in [-0.3, -0.25) is 0 Å². The maximum Gasteiger partial charge on any atom is 0.338 e.